The number of hydrogen-bond acceptors (Lipinski definition) is 5. The Kier molecular flexibility index (Phi) is 6.97. The van der Waals surface area contributed by atoms with Crippen molar-refractivity contribution in [2.75, 3.05) is 13.7 Å². The minimum Gasteiger partial charge on any atom is -0.503 e. The fourth-order valence-corrected chi connectivity index (χ4v) is 4.76. The molecular formula is C25H21BrN2O3S. The molecule has 0 aliphatic carbocycles. The number of carbonyl (C=O) groups is 1. The maximum absolute atomic E-state index is 13.3. The summed E-state index contributed by atoms with van der Waals surface area (Å²) in [6, 6.07) is 23.1. The number of rotatable bonds is 6. The standard InChI is InChI=1S/C25H21BrN2O3S/c1-31-21-15-18(14-20(26)23(21)29)16-22-24(30)28(13-12-17-8-4-2-5-9-17)25(32-22)27-19-10-6-3-7-11-19/h2-11,14-16,29H,12-13H2,1H3/b22-16+,27-25?. The highest BCUT2D eigenvalue weighted by Gasteiger charge is 2.33. The molecule has 0 spiro atoms. The quantitative estimate of drug-likeness (QED) is 0.414. The number of amides is 1. The first kappa shape index (κ1) is 22.2. The molecule has 1 saturated heterocycles. The molecule has 1 aliphatic rings. The number of methoxy groups -OCH3 is 1. The van der Waals surface area contributed by atoms with E-state index in [4.69, 9.17) is 9.73 Å². The second kappa shape index (κ2) is 10.1. The minimum absolute atomic E-state index is 0.0240. The van der Waals surface area contributed by atoms with Crippen LogP contribution in [0.2, 0.25) is 0 Å². The predicted octanol–water partition coefficient (Wildman–Crippen LogP) is 6.01. The van der Waals surface area contributed by atoms with Crippen molar-refractivity contribution in [2.24, 2.45) is 4.99 Å². The van der Waals surface area contributed by atoms with Crippen LogP contribution >= 0.6 is 27.7 Å². The van der Waals surface area contributed by atoms with E-state index in [0.29, 0.717) is 26.8 Å². The van der Waals surface area contributed by atoms with E-state index in [1.807, 2.05) is 48.5 Å². The summed E-state index contributed by atoms with van der Waals surface area (Å²) in [4.78, 5) is 20.3. The lowest BCUT2D eigenvalue weighted by Gasteiger charge is -2.15. The third-order valence-corrected chi connectivity index (χ3v) is 6.52. The van der Waals surface area contributed by atoms with Crippen molar-refractivity contribution in [2.45, 2.75) is 6.42 Å². The molecule has 3 aromatic rings. The van der Waals surface area contributed by atoms with E-state index in [-0.39, 0.29) is 11.7 Å². The van der Waals surface area contributed by atoms with Crippen LogP contribution < -0.4 is 4.74 Å². The number of nitrogens with zero attached hydrogens (tertiary/aromatic N) is 2. The Hall–Kier alpha value is -3.03. The molecule has 7 heteroatoms. The van der Waals surface area contributed by atoms with Gasteiger partial charge in [0.1, 0.15) is 0 Å². The number of aliphatic imine (C=N–C) groups is 1. The van der Waals surface area contributed by atoms with Gasteiger partial charge in [-0.3, -0.25) is 9.69 Å². The highest BCUT2D eigenvalue weighted by atomic mass is 79.9. The summed E-state index contributed by atoms with van der Waals surface area (Å²) >= 11 is 4.68. The Labute approximate surface area is 199 Å². The van der Waals surface area contributed by atoms with Gasteiger partial charge >= 0.3 is 0 Å². The number of phenolic OH excluding ortho intramolecular Hbond substituents is 1. The number of benzene rings is 3. The van der Waals surface area contributed by atoms with Gasteiger partial charge in [-0.2, -0.15) is 0 Å². The predicted molar refractivity (Wildman–Crippen MR) is 133 cm³/mol. The molecule has 162 valence electrons. The Morgan fingerprint density at radius 1 is 1.09 bits per heavy atom. The van der Waals surface area contributed by atoms with E-state index in [0.717, 1.165) is 23.2 Å². The molecule has 1 amide bonds. The lowest BCUT2D eigenvalue weighted by molar-refractivity contribution is -0.122. The van der Waals surface area contributed by atoms with Crippen LogP contribution in [0.15, 0.2) is 87.2 Å². The SMILES string of the molecule is COc1cc(/C=C2/SC(=Nc3ccccc3)N(CCc3ccccc3)C2=O)cc(Br)c1O. The van der Waals surface area contributed by atoms with Crippen molar-refractivity contribution in [3.05, 3.63) is 93.3 Å². The second-order valence-corrected chi connectivity index (χ2v) is 8.95. The lowest BCUT2D eigenvalue weighted by atomic mass is 10.1. The van der Waals surface area contributed by atoms with Gasteiger partial charge < -0.3 is 9.84 Å². The second-order valence-electron chi connectivity index (χ2n) is 7.09. The zero-order valence-electron chi connectivity index (χ0n) is 17.4. The number of carbonyl (C=O) groups excluding carboxylic acids is 1. The van der Waals surface area contributed by atoms with E-state index in [1.165, 1.54) is 18.9 Å². The molecule has 0 unspecified atom stereocenters. The Balaban J connectivity index is 1.66. The molecule has 1 heterocycles. The molecule has 3 aromatic carbocycles. The van der Waals surface area contributed by atoms with Gasteiger partial charge in [0.2, 0.25) is 0 Å². The minimum atomic E-state index is -0.0937. The van der Waals surface area contributed by atoms with Crippen LogP contribution in [-0.2, 0) is 11.2 Å². The largest absolute Gasteiger partial charge is 0.503 e. The van der Waals surface area contributed by atoms with Gasteiger partial charge in [-0.1, -0.05) is 48.5 Å². The van der Waals surface area contributed by atoms with Crippen LogP contribution in [0.5, 0.6) is 11.5 Å². The van der Waals surface area contributed by atoms with Gasteiger partial charge in [0.15, 0.2) is 16.7 Å². The van der Waals surface area contributed by atoms with E-state index >= 15 is 0 Å². The summed E-state index contributed by atoms with van der Waals surface area (Å²) < 4.78 is 5.73. The molecule has 0 aromatic heterocycles. The van der Waals surface area contributed by atoms with Crippen molar-refractivity contribution in [3.63, 3.8) is 0 Å². The van der Waals surface area contributed by atoms with Crippen molar-refractivity contribution in [1.29, 1.82) is 0 Å². The molecule has 0 bridgehead atoms. The zero-order valence-corrected chi connectivity index (χ0v) is 19.8. The molecule has 0 saturated carbocycles. The van der Waals surface area contributed by atoms with Crippen molar-refractivity contribution >= 4 is 50.5 Å². The summed E-state index contributed by atoms with van der Waals surface area (Å²) in [5.41, 5.74) is 2.70. The number of phenols is 1. The van der Waals surface area contributed by atoms with Gasteiger partial charge in [0, 0.05) is 6.54 Å². The summed E-state index contributed by atoms with van der Waals surface area (Å²) in [5, 5.41) is 10.7. The van der Waals surface area contributed by atoms with Crippen LogP contribution in [0, 0.1) is 0 Å². The molecule has 1 fully saturated rings. The number of thioether (sulfide) groups is 1. The van der Waals surface area contributed by atoms with Crippen LogP contribution in [0.4, 0.5) is 5.69 Å². The molecular weight excluding hydrogens is 488 g/mol. The topological polar surface area (TPSA) is 62.1 Å². The molecule has 1 aliphatic heterocycles. The summed E-state index contributed by atoms with van der Waals surface area (Å²) in [6.07, 6.45) is 2.52. The molecule has 1 N–H and O–H groups in total. The summed E-state index contributed by atoms with van der Waals surface area (Å²) in [7, 11) is 1.49. The fourth-order valence-electron chi connectivity index (χ4n) is 3.27. The first-order chi connectivity index (χ1) is 15.5. The molecule has 0 atom stereocenters. The monoisotopic (exact) mass is 508 g/mol. The average Bonchev–Trinajstić information content (AvgIpc) is 3.09. The smallest absolute Gasteiger partial charge is 0.266 e. The summed E-state index contributed by atoms with van der Waals surface area (Å²) in [5.74, 6) is 0.264. The van der Waals surface area contributed by atoms with Crippen molar-refractivity contribution < 1.29 is 14.6 Å². The molecule has 0 radical (unpaired) electrons. The molecule has 5 nitrogen and oxygen atoms in total. The van der Waals surface area contributed by atoms with Gasteiger partial charge in [-0.05, 0) is 75.6 Å². The number of amidine groups is 1. The first-order valence-corrected chi connectivity index (χ1v) is 11.6. The van der Waals surface area contributed by atoms with Crippen molar-refractivity contribution in [3.8, 4) is 11.5 Å². The summed E-state index contributed by atoms with van der Waals surface area (Å²) in [6.45, 7) is 0.529. The Morgan fingerprint density at radius 2 is 1.78 bits per heavy atom. The van der Waals surface area contributed by atoms with Crippen LogP contribution in [0.25, 0.3) is 6.08 Å². The van der Waals surface area contributed by atoms with Gasteiger partial charge in [0.25, 0.3) is 5.91 Å². The average molecular weight is 509 g/mol. The van der Waals surface area contributed by atoms with Gasteiger partial charge in [-0.15, -0.1) is 0 Å². The number of hydrogen-bond donors (Lipinski definition) is 1. The molecule has 4 rings (SSSR count). The Bertz CT molecular complexity index is 1180. The number of halogens is 1. The highest BCUT2D eigenvalue weighted by Crippen LogP contribution is 2.38. The maximum atomic E-state index is 13.3. The van der Waals surface area contributed by atoms with Crippen LogP contribution in [0.3, 0.4) is 0 Å². The van der Waals surface area contributed by atoms with E-state index < -0.39 is 0 Å². The fraction of sp³-hybridized carbons (Fsp3) is 0.120. The highest BCUT2D eigenvalue weighted by molar-refractivity contribution is 9.10. The van der Waals surface area contributed by atoms with E-state index in [1.54, 1.807) is 23.1 Å². The Morgan fingerprint density at radius 3 is 2.47 bits per heavy atom. The van der Waals surface area contributed by atoms with Crippen molar-refractivity contribution in [1.82, 2.24) is 4.90 Å². The van der Waals surface area contributed by atoms with Gasteiger partial charge in [-0.25, -0.2) is 4.99 Å². The van der Waals surface area contributed by atoms with Crippen LogP contribution in [0.1, 0.15) is 11.1 Å². The third kappa shape index (κ3) is 5.06. The number of aromatic hydroxyl groups is 1. The van der Waals surface area contributed by atoms with Gasteiger partial charge in [0.05, 0.1) is 22.2 Å². The first-order valence-electron chi connectivity index (χ1n) is 10.0. The van der Waals surface area contributed by atoms with Crippen LogP contribution in [-0.4, -0.2) is 34.7 Å². The van der Waals surface area contributed by atoms with E-state index in [9.17, 15) is 9.90 Å². The molecule has 32 heavy (non-hydrogen) atoms. The number of para-hydroxylation sites is 1. The zero-order chi connectivity index (χ0) is 22.5. The third-order valence-electron chi connectivity index (χ3n) is 4.90. The lowest BCUT2D eigenvalue weighted by Crippen LogP contribution is -2.31. The maximum Gasteiger partial charge on any atom is 0.266 e. The van der Waals surface area contributed by atoms with E-state index in [2.05, 4.69) is 28.1 Å². The normalized spacial score (nSPS) is 16.2. The number of ether oxygens (including phenoxy) is 1.